The van der Waals surface area contributed by atoms with Gasteiger partial charge in [0.1, 0.15) is 0 Å². The van der Waals surface area contributed by atoms with Gasteiger partial charge in [-0.15, -0.1) is 0 Å². The smallest absolute Gasteiger partial charge is 0.0589 e. The molecule has 4 rings (SSSR count). The van der Waals surface area contributed by atoms with Crippen LogP contribution in [-0.4, -0.2) is 12.6 Å². The van der Waals surface area contributed by atoms with Crippen molar-refractivity contribution in [1.82, 2.24) is 5.32 Å². The number of benzene rings is 2. The van der Waals surface area contributed by atoms with Crippen LogP contribution in [0.2, 0.25) is 0 Å². The van der Waals surface area contributed by atoms with Crippen LogP contribution in [0.5, 0.6) is 0 Å². The molecule has 0 unspecified atom stereocenters. The van der Waals surface area contributed by atoms with Crippen LogP contribution in [0.4, 0.5) is 0 Å². The van der Waals surface area contributed by atoms with E-state index < -0.39 is 0 Å². The van der Waals surface area contributed by atoms with Gasteiger partial charge in [-0.2, -0.15) is 0 Å². The average molecular weight is 292 g/mol. The fourth-order valence-corrected chi connectivity index (χ4v) is 4.05. The SMILES string of the molecule is NC1CCC(CNC2c3ccccc3-c3ccccc32)CC1. The average Bonchev–Trinajstić information content (AvgIpc) is 2.89. The molecule has 0 atom stereocenters. The van der Waals surface area contributed by atoms with Crippen molar-refractivity contribution < 1.29 is 0 Å². The van der Waals surface area contributed by atoms with Crippen LogP contribution in [0.15, 0.2) is 48.5 Å². The van der Waals surface area contributed by atoms with E-state index in [4.69, 9.17) is 5.73 Å². The van der Waals surface area contributed by atoms with Crippen LogP contribution in [0, 0.1) is 5.92 Å². The second-order valence-electron chi connectivity index (χ2n) is 6.80. The fourth-order valence-electron chi connectivity index (χ4n) is 4.05. The zero-order valence-corrected chi connectivity index (χ0v) is 13.0. The maximum absolute atomic E-state index is 6.02. The summed E-state index contributed by atoms with van der Waals surface area (Å²) in [6.45, 7) is 1.10. The number of fused-ring (bicyclic) bond motifs is 3. The third-order valence-corrected chi connectivity index (χ3v) is 5.34. The van der Waals surface area contributed by atoms with Crippen molar-refractivity contribution in [3.63, 3.8) is 0 Å². The van der Waals surface area contributed by atoms with Gasteiger partial charge in [0.25, 0.3) is 0 Å². The molecule has 2 nitrogen and oxygen atoms in total. The van der Waals surface area contributed by atoms with E-state index in [0.29, 0.717) is 12.1 Å². The lowest BCUT2D eigenvalue weighted by molar-refractivity contribution is 0.309. The van der Waals surface area contributed by atoms with Crippen LogP contribution >= 0.6 is 0 Å². The van der Waals surface area contributed by atoms with Crippen LogP contribution in [-0.2, 0) is 0 Å². The van der Waals surface area contributed by atoms with Gasteiger partial charge in [0.2, 0.25) is 0 Å². The molecule has 1 fully saturated rings. The Labute approximate surface area is 132 Å². The van der Waals surface area contributed by atoms with Gasteiger partial charge in [0, 0.05) is 6.04 Å². The van der Waals surface area contributed by atoms with E-state index in [-0.39, 0.29) is 0 Å². The first-order chi connectivity index (χ1) is 10.8. The predicted molar refractivity (Wildman–Crippen MR) is 91.7 cm³/mol. The Morgan fingerprint density at radius 1 is 0.818 bits per heavy atom. The highest BCUT2D eigenvalue weighted by Gasteiger charge is 2.28. The maximum Gasteiger partial charge on any atom is 0.0589 e. The van der Waals surface area contributed by atoms with E-state index >= 15 is 0 Å². The summed E-state index contributed by atoms with van der Waals surface area (Å²) in [5, 5.41) is 3.84. The number of hydrogen-bond acceptors (Lipinski definition) is 2. The molecule has 0 heterocycles. The normalized spacial score (nSPS) is 24.0. The summed E-state index contributed by atoms with van der Waals surface area (Å²) in [7, 11) is 0. The molecule has 2 heteroatoms. The van der Waals surface area contributed by atoms with Gasteiger partial charge < -0.3 is 11.1 Å². The molecular weight excluding hydrogens is 268 g/mol. The first-order valence-corrected chi connectivity index (χ1v) is 8.50. The molecule has 2 aromatic carbocycles. The number of hydrogen-bond donors (Lipinski definition) is 2. The number of nitrogens with one attached hydrogen (secondary N) is 1. The lowest BCUT2D eigenvalue weighted by Gasteiger charge is -2.28. The van der Waals surface area contributed by atoms with Gasteiger partial charge in [0.05, 0.1) is 6.04 Å². The molecule has 2 aliphatic rings. The molecular formula is C20H24N2. The fraction of sp³-hybridized carbons (Fsp3) is 0.400. The van der Waals surface area contributed by atoms with Gasteiger partial charge in [-0.25, -0.2) is 0 Å². The summed E-state index contributed by atoms with van der Waals surface area (Å²) in [5.74, 6) is 0.778. The zero-order chi connectivity index (χ0) is 14.9. The Kier molecular flexibility index (Phi) is 3.73. The highest BCUT2D eigenvalue weighted by Crippen LogP contribution is 2.43. The minimum atomic E-state index is 0.350. The van der Waals surface area contributed by atoms with Gasteiger partial charge >= 0.3 is 0 Å². The van der Waals surface area contributed by atoms with Crippen molar-refractivity contribution in [2.45, 2.75) is 37.8 Å². The van der Waals surface area contributed by atoms with Crippen LogP contribution in [0.25, 0.3) is 11.1 Å². The number of nitrogens with two attached hydrogens (primary N) is 1. The predicted octanol–water partition coefficient (Wildman–Crippen LogP) is 3.86. The van der Waals surface area contributed by atoms with Crippen LogP contribution in [0.3, 0.4) is 0 Å². The third kappa shape index (κ3) is 2.47. The van der Waals surface area contributed by atoms with E-state index in [0.717, 1.165) is 12.5 Å². The molecule has 0 bridgehead atoms. The Morgan fingerprint density at radius 2 is 1.36 bits per heavy atom. The van der Waals surface area contributed by atoms with Crippen LogP contribution in [0.1, 0.15) is 42.9 Å². The molecule has 0 radical (unpaired) electrons. The molecule has 22 heavy (non-hydrogen) atoms. The topological polar surface area (TPSA) is 38.0 Å². The molecule has 0 aliphatic heterocycles. The molecule has 3 N–H and O–H groups in total. The van der Waals surface area contributed by atoms with Crippen molar-refractivity contribution in [3.8, 4) is 11.1 Å². The largest absolute Gasteiger partial charge is 0.328 e. The zero-order valence-electron chi connectivity index (χ0n) is 13.0. The van der Waals surface area contributed by atoms with Crippen LogP contribution < -0.4 is 11.1 Å². The first-order valence-electron chi connectivity index (χ1n) is 8.50. The van der Waals surface area contributed by atoms with Gasteiger partial charge in [-0.3, -0.25) is 0 Å². The molecule has 0 amide bonds. The monoisotopic (exact) mass is 292 g/mol. The van der Waals surface area contributed by atoms with Gasteiger partial charge in [0.15, 0.2) is 0 Å². The Hall–Kier alpha value is -1.64. The lowest BCUT2D eigenvalue weighted by Crippen LogP contribution is -2.33. The molecule has 0 saturated heterocycles. The number of rotatable bonds is 3. The lowest BCUT2D eigenvalue weighted by atomic mass is 9.86. The Bertz CT molecular complexity index is 611. The summed E-state index contributed by atoms with van der Waals surface area (Å²) in [6, 6.07) is 18.4. The second kappa shape index (κ2) is 5.86. The summed E-state index contributed by atoms with van der Waals surface area (Å²) < 4.78 is 0. The summed E-state index contributed by atoms with van der Waals surface area (Å²) in [6.07, 6.45) is 4.91. The minimum Gasteiger partial charge on any atom is -0.328 e. The van der Waals surface area contributed by atoms with E-state index in [1.54, 1.807) is 0 Å². The summed E-state index contributed by atoms with van der Waals surface area (Å²) >= 11 is 0. The van der Waals surface area contributed by atoms with E-state index in [1.807, 2.05) is 0 Å². The second-order valence-corrected chi connectivity index (χ2v) is 6.80. The van der Waals surface area contributed by atoms with E-state index in [1.165, 1.54) is 47.9 Å². The van der Waals surface area contributed by atoms with Gasteiger partial charge in [-0.05, 0) is 60.4 Å². The van der Waals surface area contributed by atoms with Crippen molar-refractivity contribution in [2.75, 3.05) is 6.54 Å². The van der Waals surface area contributed by atoms with E-state index in [9.17, 15) is 0 Å². The Morgan fingerprint density at radius 3 is 1.95 bits per heavy atom. The Balaban J connectivity index is 1.54. The first kappa shape index (κ1) is 14.0. The molecule has 1 saturated carbocycles. The van der Waals surface area contributed by atoms with Crippen molar-refractivity contribution in [3.05, 3.63) is 59.7 Å². The van der Waals surface area contributed by atoms with E-state index in [2.05, 4.69) is 53.8 Å². The van der Waals surface area contributed by atoms with Crippen molar-refractivity contribution in [1.29, 1.82) is 0 Å². The minimum absolute atomic E-state index is 0.350. The molecule has 0 spiro atoms. The van der Waals surface area contributed by atoms with Crippen molar-refractivity contribution >= 4 is 0 Å². The molecule has 0 aromatic heterocycles. The molecule has 2 aliphatic carbocycles. The highest BCUT2D eigenvalue weighted by molar-refractivity contribution is 5.78. The van der Waals surface area contributed by atoms with Crippen molar-refractivity contribution in [2.24, 2.45) is 11.7 Å². The maximum atomic E-state index is 6.02. The molecule has 2 aromatic rings. The highest BCUT2D eigenvalue weighted by atomic mass is 14.9. The molecule has 114 valence electrons. The summed E-state index contributed by atoms with van der Waals surface area (Å²) in [5.41, 5.74) is 11.7. The standard InChI is InChI=1S/C20H24N2/c21-15-11-9-14(10-12-15)13-22-20-18-7-3-1-5-16(18)17-6-2-4-8-19(17)20/h1-8,14-15,20,22H,9-13,21H2. The summed E-state index contributed by atoms with van der Waals surface area (Å²) in [4.78, 5) is 0. The van der Waals surface area contributed by atoms with Gasteiger partial charge in [-0.1, -0.05) is 48.5 Å². The third-order valence-electron chi connectivity index (χ3n) is 5.34. The quantitative estimate of drug-likeness (QED) is 0.901.